The lowest BCUT2D eigenvalue weighted by Crippen LogP contribution is -2.24. The van der Waals surface area contributed by atoms with Gasteiger partial charge in [-0.05, 0) is 60.0 Å². The summed E-state index contributed by atoms with van der Waals surface area (Å²) in [6, 6.07) is 12.9. The number of fused-ring (bicyclic) bond motifs is 1. The first-order valence-corrected chi connectivity index (χ1v) is 10.1. The summed E-state index contributed by atoms with van der Waals surface area (Å²) in [4.78, 5) is 13.1. The number of ether oxygens (including phenoxy) is 1. The van der Waals surface area contributed by atoms with E-state index in [0.717, 1.165) is 29.5 Å². The molecular formula is C21H19ClN6O2. The van der Waals surface area contributed by atoms with Gasteiger partial charge in [-0.25, -0.2) is 5.10 Å². The molecule has 2 heterocycles. The van der Waals surface area contributed by atoms with Crippen molar-refractivity contribution in [1.29, 1.82) is 0 Å². The standard InChI is InChI=1S/C21H19ClN6O2/c1-28-17(10-12-4-2-7-18(19(12)28)30-14-5-3-6-14)21(29)23-16-9-8-13(22)11-15(16)20-24-26-27-25-20/h2,4,7-11,14H,3,5-6H2,1H3,(H,23,29)(H,24,25,26,27). The van der Waals surface area contributed by atoms with Crippen LogP contribution in [0.5, 0.6) is 5.75 Å². The quantitative estimate of drug-likeness (QED) is 0.502. The van der Waals surface area contributed by atoms with E-state index in [4.69, 9.17) is 16.3 Å². The van der Waals surface area contributed by atoms with Crippen molar-refractivity contribution in [2.75, 3.05) is 5.32 Å². The molecular weight excluding hydrogens is 404 g/mol. The first kappa shape index (κ1) is 18.6. The number of amides is 1. The number of rotatable bonds is 5. The Morgan fingerprint density at radius 3 is 2.87 bits per heavy atom. The molecule has 0 spiro atoms. The normalized spacial score (nSPS) is 13.9. The number of nitrogens with zero attached hydrogens (tertiary/aromatic N) is 4. The summed E-state index contributed by atoms with van der Waals surface area (Å²) in [6.07, 6.45) is 3.61. The van der Waals surface area contributed by atoms with E-state index in [1.807, 2.05) is 35.9 Å². The Morgan fingerprint density at radius 2 is 2.13 bits per heavy atom. The molecule has 2 aromatic heterocycles. The van der Waals surface area contributed by atoms with Crippen LogP contribution in [0.1, 0.15) is 29.8 Å². The molecule has 1 aliphatic rings. The summed E-state index contributed by atoms with van der Waals surface area (Å²) in [5.41, 5.74) is 2.59. The number of halogens is 1. The molecule has 0 radical (unpaired) electrons. The van der Waals surface area contributed by atoms with E-state index >= 15 is 0 Å². The number of anilines is 1. The fourth-order valence-electron chi connectivity index (χ4n) is 3.64. The summed E-state index contributed by atoms with van der Waals surface area (Å²) >= 11 is 6.13. The number of aryl methyl sites for hydroxylation is 1. The Morgan fingerprint density at radius 1 is 1.27 bits per heavy atom. The van der Waals surface area contributed by atoms with Crippen molar-refractivity contribution in [3.8, 4) is 17.1 Å². The van der Waals surface area contributed by atoms with Gasteiger partial charge < -0.3 is 14.6 Å². The molecule has 1 aliphatic carbocycles. The van der Waals surface area contributed by atoms with Crippen molar-refractivity contribution in [3.05, 3.63) is 53.2 Å². The van der Waals surface area contributed by atoms with Crippen LogP contribution in [0.25, 0.3) is 22.3 Å². The molecule has 1 saturated carbocycles. The topological polar surface area (TPSA) is 97.7 Å². The molecule has 2 aromatic carbocycles. The van der Waals surface area contributed by atoms with E-state index in [1.54, 1.807) is 18.2 Å². The number of benzene rings is 2. The zero-order valence-electron chi connectivity index (χ0n) is 16.2. The van der Waals surface area contributed by atoms with Crippen molar-refractivity contribution >= 4 is 34.1 Å². The Bertz CT molecular complexity index is 1230. The molecule has 152 valence electrons. The van der Waals surface area contributed by atoms with Crippen molar-refractivity contribution in [2.24, 2.45) is 7.05 Å². The van der Waals surface area contributed by atoms with Crippen molar-refractivity contribution in [1.82, 2.24) is 25.2 Å². The predicted octanol–water partition coefficient (Wildman–Crippen LogP) is 4.20. The van der Waals surface area contributed by atoms with E-state index in [0.29, 0.717) is 27.8 Å². The van der Waals surface area contributed by atoms with Crippen molar-refractivity contribution in [2.45, 2.75) is 25.4 Å². The largest absolute Gasteiger partial charge is 0.488 e. The summed E-state index contributed by atoms with van der Waals surface area (Å²) in [6.45, 7) is 0. The number of aromatic amines is 1. The average Bonchev–Trinajstić information content (AvgIpc) is 3.35. The van der Waals surface area contributed by atoms with E-state index in [1.165, 1.54) is 6.42 Å². The second-order valence-electron chi connectivity index (χ2n) is 7.35. The minimum atomic E-state index is -0.251. The maximum Gasteiger partial charge on any atom is 0.272 e. The fourth-order valence-corrected chi connectivity index (χ4v) is 3.81. The van der Waals surface area contributed by atoms with Crippen molar-refractivity contribution in [3.63, 3.8) is 0 Å². The zero-order chi connectivity index (χ0) is 20.7. The number of hydrogen-bond acceptors (Lipinski definition) is 5. The monoisotopic (exact) mass is 422 g/mol. The molecule has 0 atom stereocenters. The second-order valence-corrected chi connectivity index (χ2v) is 7.78. The highest BCUT2D eigenvalue weighted by Gasteiger charge is 2.23. The maximum absolute atomic E-state index is 13.1. The predicted molar refractivity (Wildman–Crippen MR) is 114 cm³/mol. The number of nitrogens with one attached hydrogen (secondary N) is 2. The number of H-pyrrole nitrogens is 1. The van der Waals surface area contributed by atoms with Gasteiger partial charge in [-0.15, -0.1) is 5.10 Å². The first-order chi connectivity index (χ1) is 14.6. The minimum absolute atomic E-state index is 0.251. The van der Waals surface area contributed by atoms with Gasteiger partial charge in [0.25, 0.3) is 5.91 Å². The summed E-state index contributed by atoms with van der Waals surface area (Å²) in [7, 11) is 1.87. The zero-order valence-corrected chi connectivity index (χ0v) is 17.0. The minimum Gasteiger partial charge on any atom is -0.488 e. The van der Waals surface area contributed by atoms with Gasteiger partial charge in [-0.1, -0.05) is 23.7 Å². The lowest BCUT2D eigenvalue weighted by molar-refractivity contribution is 0.101. The number of tetrazole rings is 1. The highest BCUT2D eigenvalue weighted by molar-refractivity contribution is 6.31. The SMILES string of the molecule is Cn1c(C(=O)Nc2ccc(Cl)cc2-c2nnn[nH]2)cc2cccc(OC3CCC3)c21. The fraction of sp³-hybridized carbons (Fsp3) is 0.238. The van der Waals surface area contributed by atoms with Crippen LogP contribution in [-0.4, -0.2) is 37.2 Å². The molecule has 8 nitrogen and oxygen atoms in total. The number of carbonyl (C=O) groups is 1. The Labute approximate surface area is 177 Å². The van der Waals surface area contributed by atoms with Crippen LogP contribution in [0.3, 0.4) is 0 Å². The van der Waals surface area contributed by atoms with E-state index in [-0.39, 0.29) is 12.0 Å². The van der Waals surface area contributed by atoms with Crippen molar-refractivity contribution < 1.29 is 9.53 Å². The molecule has 5 rings (SSSR count). The van der Waals surface area contributed by atoms with Crippen LogP contribution in [0.4, 0.5) is 5.69 Å². The molecule has 2 N–H and O–H groups in total. The Kier molecular flexibility index (Phi) is 4.63. The summed E-state index contributed by atoms with van der Waals surface area (Å²) in [5.74, 6) is 0.971. The van der Waals surface area contributed by atoms with Gasteiger partial charge in [0.15, 0.2) is 5.82 Å². The van der Waals surface area contributed by atoms with E-state index < -0.39 is 0 Å². The van der Waals surface area contributed by atoms with Gasteiger partial charge >= 0.3 is 0 Å². The third kappa shape index (κ3) is 3.29. The van der Waals surface area contributed by atoms with E-state index in [2.05, 4.69) is 25.9 Å². The highest BCUT2D eigenvalue weighted by atomic mass is 35.5. The van der Waals surface area contributed by atoms with Gasteiger partial charge in [0.2, 0.25) is 0 Å². The molecule has 9 heteroatoms. The van der Waals surface area contributed by atoms with Gasteiger partial charge in [0, 0.05) is 23.0 Å². The van der Waals surface area contributed by atoms with Gasteiger partial charge in [-0.2, -0.15) is 0 Å². The molecule has 30 heavy (non-hydrogen) atoms. The third-order valence-corrected chi connectivity index (χ3v) is 5.66. The van der Waals surface area contributed by atoms with Crippen LogP contribution in [-0.2, 0) is 7.05 Å². The van der Waals surface area contributed by atoms with Crippen LogP contribution >= 0.6 is 11.6 Å². The first-order valence-electron chi connectivity index (χ1n) is 9.70. The molecule has 0 saturated heterocycles. The molecule has 1 fully saturated rings. The molecule has 1 amide bonds. The van der Waals surface area contributed by atoms with Gasteiger partial charge in [-0.3, -0.25) is 4.79 Å². The number of para-hydroxylation sites is 1. The maximum atomic E-state index is 13.1. The number of carbonyl (C=O) groups excluding carboxylic acids is 1. The molecule has 0 bridgehead atoms. The molecule has 0 aliphatic heterocycles. The van der Waals surface area contributed by atoms with E-state index in [9.17, 15) is 4.79 Å². The lowest BCUT2D eigenvalue weighted by atomic mass is 9.96. The number of hydrogen-bond donors (Lipinski definition) is 2. The van der Waals surface area contributed by atoms with Crippen LogP contribution < -0.4 is 10.1 Å². The molecule has 4 aromatic rings. The lowest BCUT2D eigenvalue weighted by Gasteiger charge is -2.26. The van der Waals surface area contributed by atoms with Crippen LogP contribution in [0.15, 0.2) is 42.5 Å². The van der Waals surface area contributed by atoms with Gasteiger partial charge in [0.05, 0.1) is 17.3 Å². The second kappa shape index (κ2) is 7.46. The highest BCUT2D eigenvalue weighted by Crippen LogP contribution is 2.33. The Balaban J connectivity index is 1.49. The third-order valence-electron chi connectivity index (χ3n) is 5.43. The number of aromatic nitrogens is 5. The van der Waals surface area contributed by atoms with Crippen LogP contribution in [0.2, 0.25) is 5.02 Å². The smallest absolute Gasteiger partial charge is 0.272 e. The summed E-state index contributed by atoms with van der Waals surface area (Å²) in [5, 5.41) is 18.2. The van der Waals surface area contributed by atoms with Crippen LogP contribution in [0, 0.1) is 0 Å². The van der Waals surface area contributed by atoms with Gasteiger partial charge in [0.1, 0.15) is 11.4 Å². The summed E-state index contributed by atoms with van der Waals surface area (Å²) < 4.78 is 8.01. The Hall–Kier alpha value is -3.39. The average molecular weight is 423 g/mol. The molecule has 0 unspecified atom stereocenters.